The Balaban J connectivity index is 1.16. The van der Waals surface area contributed by atoms with Crippen LogP contribution in [0.5, 0.6) is 5.75 Å². The van der Waals surface area contributed by atoms with Crippen LogP contribution in [-0.2, 0) is 11.2 Å². The first-order chi connectivity index (χ1) is 19.5. The molecule has 40 heavy (non-hydrogen) atoms. The van der Waals surface area contributed by atoms with Gasteiger partial charge >= 0.3 is 5.97 Å². The smallest absolute Gasteiger partial charge is 0.326 e. The second kappa shape index (κ2) is 12.7. The summed E-state index contributed by atoms with van der Waals surface area (Å²) >= 11 is 0. The van der Waals surface area contributed by atoms with E-state index in [1.807, 2.05) is 72.6 Å². The number of nitrogens with one attached hydrogen (secondary N) is 1. The summed E-state index contributed by atoms with van der Waals surface area (Å²) in [6.07, 6.45) is 5.37. The molecule has 3 aromatic carbocycles. The highest BCUT2D eigenvalue weighted by atomic mass is 16.5. The van der Waals surface area contributed by atoms with Crippen molar-refractivity contribution in [2.75, 3.05) is 30.4 Å². The van der Waals surface area contributed by atoms with Gasteiger partial charge in [-0.1, -0.05) is 55.7 Å². The quantitative estimate of drug-likeness (QED) is 0.204. The number of rotatable bonds is 12. The molecule has 0 radical (unpaired) electrons. The molecule has 1 aliphatic rings. The zero-order chi connectivity index (χ0) is 27.9. The van der Waals surface area contributed by atoms with E-state index in [4.69, 9.17) is 9.15 Å². The number of carboxylic acids is 1. The maximum atomic E-state index is 13.2. The molecule has 0 saturated heterocycles. The molecule has 2 N–H and O–H groups in total. The van der Waals surface area contributed by atoms with Gasteiger partial charge in [-0.2, -0.15) is 4.98 Å². The molecule has 1 aromatic heterocycles. The number of aliphatic carboxylic acids is 1. The lowest BCUT2D eigenvalue weighted by molar-refractivity contribution is -0.137. The Morgan fingerprint density at radius 3 is 2.50 bits per heavy atom. The van der Waals surface area contributed by atoms with Gasteiger partial charge in [0.1, 0.15) is 23.9 Å². The van der Waals surface area contributed by atoms with Crippen molar-refractivity contribution < 1.29 is 23.8 Å². The van der Waals surface area contributed by atoms with Gasteiger partial charge in [0.2, 0.25) is 0 Å². The van der Waals surface area contributed by atoms with Crippen LogP contribution in [0.3, 0.4) is 0 Å². The number of likely N-dealkylation sites (N-methyl/N-ethyl adjacent to an activating group) is 1. The third-order valence-electron chi connectivity index (χ3n) is 7.46. The Hall–Kier alpha value is -4.33. The molecule has 1 fully saturated rings. The number of hydrogen-bond acceptors (Lipinski definition) is 7. The van der Waals surface area contributed by atoms with Crippen LogP contribution in [-0.4, -0.2) is 48.1 Å². The third kappa shape index (κ3) is 6.62. The molecule has 0 aliphatic heterocycles. The van der Waals surface area contributed by atoms with Crippen LogP contribution in [0.25, 0.3) is 11.1 Å². The fourth-order valence-electron chi connectivity index (χ4n) is 5.17. The highest BCUT2D eigenvalue weighted by Crippen LogP contribution is 2.30. The van der Waals surface area contributed by atoms with Crippen molar-refractivity contribution in [1.29, 1.82) is 0 Å². The lowest BCUT2D eigenvalue weighted by atomic mass is 9.83. The van der Waals surface area contributed by atoms with E-state index in [1.54, 1.807) is 12.1 Å². The van der Waals surface area contributed by atoms with Gasteiger partial charge in [0.05, 0.1) is 6.54 Å². The minimum atomic E-state index is -0.970. The highest BCUT2D eigenvalue weighted by molar-refractivity contribution is 6.03. The average Bonchev–Trinajstić information content (AvgIpc) is 3.43. The molecule has 8 nitrogen and oxygen atoms in total. The van der Waals surface area contributed by atoms with Gasteiger partial charge in [0, 0.05) is 30.6 Å². The maximum absolute atomic E-state index is 13.2. The predicted octanol–water partition coefficient (Wildman–Crippen LogP) is 6.21. The number of para-hydroxylation sites is 3. The first kappa shape index (κ1) is 27.2. The number of carbonyl (C=O) groups is 2. The maximum Gasteiger partial charge on any atom is 0.326 e. The fourth-order valence-corrected chi connectivity index (χ4v) is 5.17. The number of aromatic nitrogens is 1. The van der Waals surface area contributed by atoms with Crippen molar-refractivity contribution in [2.24, 2.45) is 5.92 Å². The van der Waals surface area contributed by atoms with Crippen LogP contribution in [0.4, 0.5) is 11.7 Å². The number of benzene rings is 3. The van der Waals surface area contributed by atoms with Crippen LogP contribution < -0.4 is 15.0 Å². The molecule has 1 heterocycles. The molecular formula is C32H35N3O5. The van der Waals surface area contributed by atoms with Crippen LogP contribution in [0.15, 0.2) is 77.2 Å². The topological polar surface area (TPSA) is 105 Å². The van der Waals surface area contributed by atoms with Gasteiger partial charge < -0.3 is 24.5 Å². The van der Waals surface area contributed by atoms with Crippen molar-refractivity contribution in [2.45, 2.75) is 44.6 Å². The van der Waals surface area contributed by atoms with Gasteiger partial charge in [-0.25, -0.2) is 4.79 Å². The molecule has 0 amide bonds. The zero-order valence-electron chi connectivity index (χ0n) is 22.7. The standard InChI is InChI=1S/C32H35N3O5/c1-35(32-34-27-13-7-8-14-29(27)40-32)19-20-39-24-17-15-22(16-18-24)21-28(31(37)38)33-26-12-6-5-11-25(26)30(36)23-9-3-2-4-10-23/h5-8,11-18,23,28,33H,2-4,9-10,19-21H2,1H3,(H,37,38)/t28-/m0/s1. The molecule has 4 aromatic rings. The first-order valence-electron chi connectivity index (χ1n) is 13.9. The number of anilines is 2. The normalized spacial score (nSPS) is 14.5. The molecular weight excluding hydrogens is 506 g/mol. The number of fused-ring (bicyclic) bond motifs is 1. The molecule has 8 heteroatoms. The molecule has 5 rings (SSSR count). The summed E-state index contributed by atoms with van der Waals surface area (Å²) in [4.78, 5) is 31.7. The minimum Gasteiger partial charge on any atom is -0.492 e. The second-order valence-electron chi connectivity index (χ2n) is 10.4. The summed E-state index contributed by atoms with van der Waals surface area (Å²) in [5.41, 5.74) is 3.57. The molecule has 1 atom stereocenters. The number of ether oxygens (including phenoxy) is 1. The van der Waals surface area contributed by atoms with Crippen molar-refractivity contribution in [3.63, 3.8) is 0 Å². The Kier molecular flexibility index (Phi) is 8.64. The second-order valence-corrected chi connectivity index (χ2v) is 10.4. The highest BCUT2D eigenvalue weighted by Gasteiger charge is 2.26. The van der Waals surface area contributed by atoms with E-state index in [2.05, 4.69) is 10.3 Å². The number of ketones is 1. The van der Waals surface area contributed by atoms with E-state index in [1.165, 1.54) is 6.42 Å². The van der Waals surface area contributed by atoms with E-state index in [-0.39, 0.29) is 18.1 Å². The Labute approximate surface area is 234 Å². The zero-order valence-corrected chi connectivity index (χ0v) is 22.7. The summed E-state index contributed by atoms with van der Waals surface area (Å²) in [6, 6.07) is 22.0. The van der Waals surface area contributed by atoms with Crippen molar-refractivity contribution >= 4 is 34.6 Å². The summed E-state index contributed by atoms with van der Waals surface area (Å²) in [6.45, 7) is 1.01. The van der Waals surface area contributed by atoms with E-state index in [0.717, 1.165) is 42.3 Å². The van der Waals surface area contributed by atoms with Crippen molar-refractivity contribution in [3.05, 3.63) is 83.9 Å². The number of oxazole rings is 1. The predicted molar refractivity (Wildman–Crippen MR) is 155 cm³/mol. The van der Waals surface area contributed by atoms with E-state index in [9.17, 15) is 14.7 Å². The number of carbonyl (C=O) groups excluding carboxylic acids is 1. The number of Topliss-reactive ketones (excluding diaryl/α,β-unsaturated/α-hetero) is 1. The Morgan fingerprint density at radius 1 is 1.02 bits per heavy atom. The molecule has 1 aliphatic carbocycles. The van der Waals surface area contributed by atoms with Crippen LogP contribution in [0.1, 0.15) is 48.0 Å². The summed E-state index contributed by atoms with van der Waals surface area (Å²) in [5.74, 6) is -0.155. The first-order valence-corrected chi connectivity index (χ1v) is 13.9. The lowest BCUT2D eigenvalue weighted by Crippen LogP contribution is -2.32. The van der Waals surface area contributed by atoms with Crippen LogP contribution in [0.2, 0.25) is 0 Å². The van der Waals surface area contributed by atoms with E-state index in [0.29, 0.717) is 36.2 Å². The molecule has 208 valence electrons. The SMILES string of the molecule is CN(CCOc1ccc(C[C@H](Nc2ccccc2C(=O)C2CCCCC2)C(=O)O)cc1)c1nc2ccccc2o1. The Bertz CT molecular complexity index is 1410. The largest absolute Gasteiger partial charge is 0.492 e. The number of carboxylic acid groups (broad SMARTS) is 1. The molecule has 0 spiro atoms. The molecule has 1 saturated carbocycles. The van der Waals surface area contributed by atoms with Gasteiger partial charge in [-0.3, -0.25) is 4.79 Å². The summed E-state index contributed by atoms with van der Waals surface area (Å²) in [5, 5.41) is 13.1. The van der Waals surface area contributed by atoms with Gasteiger partial charge in [-0.05, 0) is 54.8 Å². The molecule has 0 bridgehead atoms. The van der Waals surface area contributed by atoms with Gasteiger partial charge in [0.15, 0.2) is 11.4 Å². The Morgan fingerprint density at radius 2 is 1.75 bits per heavy atom. The summed E-state index contributed by atoms with van der Waals surface area (Å²) in [7, 11) is 1.90. The van der Waals surface area contributed by atoms with Crippen molar-refractivity contribution in [3.8, 4) is 5.75 Å². The van der Waals surface area contributed by atoms with Crippen LogP contribution in [0, 0.1) is 5.92 Å². The number of hydrogen-bond donors (Lipinski definition) is 2. The summed E-state index contributed by atoms with van der Waals surface area (Å²) < 4.78 is 11.7. The van der Waals surface area contributed by atoms with Crippen molar-refractivity contribution in [1.82, 2.24) is 4.98 Å². The fraction of sp³-hybridized carbons (Fsp3) is 0.344. The van der Waals surface area contributed by atoms with E-state index < -0.39 is 12.0 Å². The van der Waals surface area contributed by atoms with Gasteiger partial charge in [0.25, 0.3) is 6.01 Å². The average molecular weight is 542 g/mol. The monoisotopic (exact) mass is 541 g/mol. The van der Waals surface area contributed by atoms with E-state index >= 15 is 0 Å². The third-order valence-corrected chi connectivity index (χ3v) is 7.46. The minimum absolute atomic E-state index is 0.0160. The lowest BCUT2D eigenvalue weighted by Gasteiger charge is -2.23. The number of nitrogens with zero attached hydrogens (tertiary/aromatic N) is 2. The van der Waals surface area contributed by atoms with Crippen LogP contribution >= 0.6 is 0 Å². The molecule has 0 unspecified atom stereocenters. The van der Waals surface area contributed by atoms with Gasteiger partial charge in [-0.15, -0.1) is 0 Å².